The molecule has 0 aliphatic rings. The highest BCUT2D eigenvalue weighted by Crippen LogP contribution is 1.95. The molecule has 0 fully saturated rings. The van der Waals surface area contributed by atoms with E-state index in [1.165, 1.54) is 0 Å². The van der Waals surface area contributed by atoms with E-state index in [1.807, 2.05) is 0 Å². The SMILES string of the molecule is CCOC(=O)CCC(=O)OCC.P. The van der Waals surface area contributed by atoms with E-state index < -0.39 is 0 Å². The first-order valence-corrected chi connectivity index (χ1v) is 4.02. The number of carbonyl (C=O) groups is 2. The van der Waals surface area contributed by atoms with Crippen LogP contribution in [-0.4, -0.2) is 25.2 Å². The molecule has 4 nitrogen and oxygen atoms in total. The third-order valence-corrected chi connectivity index (χ3v) is 1.14. The van der Waals surface area contributed by atoms with Crippen molar-refractivity contribution < 1.29 is 19.1 Å². The second kappa shape index (κ2) is 9.46. The van der Waals surface area contributed by atoms with Crippen molar-refractivity contribution >= 4 is 21.8 Å². The van der Waals surface area contributed by atoms with E-state index in [2.05, 4.69) is 9.47 Å². The standard InChI is InChI=1S/C8H14O4.H3P/c1-3-11-7(9)5-6-8(10)12-4-2;/h3-6H2,1-2H3;1H3. The molecule has 1 atom stereocenters. The van der Waals surface area contributed by atoms with Crippen LogP contribution in [0.3, 0.4) is 0 Å². The van der Waals surface area contributed by atoms with Gasteiger partial charge in [-0.05, 0) is 13.8 Å². The highest BCUT2D eigenvalue weighted by atomic mass is 31.0. The number of hydrogen-bond acceptors (Lipinski definition) is 4. The summed E-state index contributed by atoms with van der Waals surface area (Å²) in [4.78, 5) is 21.4. The van der Waals surface area contributed by atoms with Crippen molar-refractivity contribution in [1.82, 2.24) is 0 Å². The van der Waals surface area contributed by atoms with Gasteiger partial charge in [-0.2, -0.15) is 9.90 Å². The smallest absolute Gasteiger partial charge is 0.306 e. The van der Waals surface area contributed by atoms with Gasteiger partial charge in [-0.1, -0.05) is 0 Å². The van der Waals surface area contributed by atoms with Crippen LogP contribution in [-0.2, 0) is 19.1 Å². The van der Waals surface area contributed by atoms with Crippen molar-refractivity contribution in [1.29, 1.82) is 0 Å². The van der Waals surface area contributed by atoms with E-state index in [0.717, 1.165) is 0 Å². The summed E-state index contributed by atoms with van der Waals surface area (Å²) in [5, 5.41) is 0. The van der Waals surface area contributed by atoms with Gasteiger partial charge in [-0.3, -0.25) is 9.59 Å². The van der Waals surface area contributed by atoms with Gasteiger partial charge in [0.15, 0.2) is 0 Å². The molecule has 0 rings (SSSR count). The third-order valence-electron chi connectivity index (χ3n) is 1.14. The molecular weight excluding hydrogens is 191 g/mol. The lowest BCUT2D eigenvalue weighted by Crippen LogP contribution is -2.09. The van der Waals surface area contributed by atoms with Gasteiger partial charge in [-0.25, -0.2) is 0 Å². The van der Waals surface area contributed by atoms with Crippen molar-refractivity contribution in [3.05, 3.63) is 0 Å². The molecule has 0 heterocycles. The quantitative estimate of drug-likeness (QED) is 0.498. The molecule has 13 heavy (non-hydrogen) atoms. The molecule has 0 saturated heterocycles. The average Bonchev–Trinajstić information content (AvgIpc) is 2.02. The van der Waals surface area contributed by atoms with E-state index >= 15 is 0 Å². The maximum absolute atomic E-state index is 10.7. The first-order valence-electron chi connectivity index (χ1n) is 4.02. The van der Waals surface area contributed by atoms with Crippen LogP contribution in [0.4, 0.5) is 0 Å². The summed E-state index contributed by atoms with van der Waals surface area (Å²) in [5.41, 5.74) is 0. The number of ether oxygens (including phenoxy) is 2. The monoisotopic (exact) mass is 208 g/mol. The zero-order valence-electron chi connectivity index (χ0n) is 8.17. The highest BCUT2D eigenvalue weighted by Gasteiger charge is 2.06. The Morgan fingerprint density at radius 3 is 1.46 bits per heavy atom. The molecule has 0 aromatic carbocycles. The van der Waals surface area contributed by atoms with Crippen LogP contribution in [0.15, 0.2) is 0 Å². The number of esters is 2. The normalized spacial score (nSPS) is 8.46. The lowest BCUT2D eigenvalue weighted by atomic mass is 10.3. The van der Waals surface area contributed by atoms with E-state index in [1.54, 1.807) is 13.8 Å². The number of hydrogen-bond donors (Lipinski definition) is 0. The second-order valence-electron chi connectivity index (χ2n) is 2.11. The Kier molecular flexibility index (Phi) is 10.8. The number of rotatable bonds is 5. The van der Waals surface area contributed by atoms with E-state index in [0.29, 0.717) is 13.2 Å². The Morgan fingerprint density at radius 2 is 1.23 bits per heavy atom. The van der Waals surface area contributed by atoms with Gasteiger partial charge < -0.3 is 9.47 Å². The second-order valence-corrected chi connectivity index (χ2v) is 2.11. The minimum atomic E-state index is -0.356. The van der Waals surface area contributed by atoms with Crippen LogP contribution in [0.25, 0.3) is 0 Å². The lowest BCUT2D eigenvalue weighted by molar-refractivity contribution is -0.149. The minimum absolute atomic E-state index is 0. The van der Waals surface area contributed by atoms with E-state index in [9.17, 15) is 9.59 Å². The van der Waals surface area contributed by atoms with Crippen LogP contribution in [0.1, 0.15) is 26.7 Å². The molecule has 78 valence electrons. The predicted molar refractivity (Wildman–Crippen MR) is 53.6 cm³/mol. The van der Waals surface area contributed by atoms with Crippen molar-refractivity contribution in [2.75, 3.05) is 13.2 Å². The first kappa shape index (κ1) is 14.9. The Bertz CT molecular complexity index is 140. The molecule has 0 N–H and O–H groups in total. The van der Waals surface area contributed by atoms with Gasteiger partial charge in [-0.15, -0.1) is 0 Å². The van der Waals surface area contributed by atoms with Crippen molar-refractivity contribution in [2.24, 2.45) is 0 Å². The molecule has 0 saturated carbocycles. The first-order chi connectivity index (χ1) is 5.70. The summed E-state index contributed by atoms with van der Waals surface area (Å²) < 4.78 is 9.25. The van der Waals surface area contributed by atoms with Crippen LogP contribution in [0.2, 0.25) is 0 Å². The largest absolute Gasteiger partial charge is 0.466 e. The van der Waals surface area contributed by atoms with E-state index in [4.69, 9.17) is 0 Å². The van der Waals surface area contributed by atoms with Crippen LogP contribution >= 0.6 is 9.90 Å². The molecule has 0 radical (unpaired) electrons. The number of carbonyl (C=O) groups excluding carboxylic acids is 2. The lowest BCUT2D eigenvalue weighted by Gasteiger charge is -2.01. The van der Waals surface area contributed by atoms with Crippen molar-refractivity contribution in [2.45, 2.75) is 26.7 Å². The van der Waals surface area contributed by atoms with Gasteiger partial charge in [0, 0.05) is 0 Å². The third kappa shape index (κ3) is 9.28. The summed E-state index contributed by atoms with van der Waals surface area (Å²) >= 11 is 0. The fraction of sp³-hybridized carbons (Fsp3) is 0.750. The zero-order valence-corrected chi connectivity index (χ0v) is 9.58. The maximum Gasteiger partial charge on any atom is 0.306 e. The Hall–Kier alpha value is -0.630. The Balaban J connectivity index is 0. The van der Waals surface area contributed by atoms with Crippen LogP contribution in [0, 0.1) is 0 Å². The van der Waals surface area contributed by atoms with E-state index in [-0.39, 0.29) is 34.7 Å². The van der Waals surface area contributed by atoms with Gasteiger partial charge in [0.1, 0.15) is 0 Å². The van der Waals surface area contributed by atoms with Gasteiger partial charge >= 0.3 is 11.9 Å². The molecule has 0 aromatic rings. The van der Waals surface area contributed by atoms with Crippen LogP contribution < -0.4 is 0 Å². The van der Waals surface area contributed by atoms with Crippen molar-refractivity contribution in [3.8, 4) is 0 Å². The van der Waals surface area contributed by atoms with Crippen LogP contribution in [0.5, 0.6) is 0 Å². The fourth-order valence-corrected chi connectivity index (χ4v) is 0.670. The topological polar surface area (TPSA) is 52.6 Å². The molecule has 1 unspecified atom stereocenters. The summed E-state index contributed by atoms with van der Waals surface area (Å²) in [6.07, 6.45) is 0.208. The van der Waals surface area contributed by atoms with Crippen molar-refractivity contribution in [3.63, 3.8) is 0 Å². The zero-order chi connectivity index (χ0) is 9.40. The van der Waals surface area contributed by atoms with Gasteiger partial charge in [0.2, 0.25) is 0 Å². The molecule has 5 heteroatoms. The summed E-state index contributed by atoms with van der Waals surface area (Å²) in [5.74, 6) is -0.712. The predicted octanol–water partition coefficient (Wildman–Crippen LogP) is 0.951. The minimum Gasteiger partial charge on any atom is -0.466 e. The summed E-state index contributed by atoms with van der Waals surface area (Å²) in [6, 6.07) is 0. The summed E-state index contributed by atoms with van der Waals surface area (Å²) in [6.45, 7) is 4.15. The van der Waals surface area contributed by atoms with Gasteiger partial charge in [0.25, 0.3) is 0 Å². The Labute approximate surface area is 81.6 Å². The molecule has 0 aliphatic heterocycles. The molecule has 0 bridgehead atoms. The van der Waals surface area contributed by atoms with Gasteiger partial charge in [0.05, 0.1) is 26.1 Å². The average molecular weight is 208 g/mol. The molecule has 0 amide bonds. The Morgan fingerprint density at radius 1 is 0.923 bits per heavy atom. The fourth-order valence-electron chi connectivity index (χ4n) is 0.670. The molecule has 0 aromatic heterocycles. The molecule has 0 aliphatic carbocycles. The maximum atomic E-state index is 10.7. The molecule has 0 spiro atoms. The highest BCUT2D eigenvalue weighted by molar-refractivity contribution is 6.92. The molecular formula is C8H17O4P. The summed E-state index contributed by atoms with van der Waals surface area (Å²) in [7, 11) is 0.